The van der Waals surface area contributed by atoms with Crippen LogP contribution in [-0.4, -0.2) is 39.8 Å². The first-order chi connectivity index (χ1) is 16.9. The molecule has 1 aliphatic rings. The summed E-state index contributed by atoms with van der Waals surface area (Å²) in [5.74, 6) is 0.487. The van der Waals surface area contributed by atoms with E-state index in [0.717, 1.165) is 22.2 Å². The predicted molar refractivity (Wildman–Crippen MR) is 136 cm³/mol. The minimum absolute atomic E-state index is 0.0767. The molecule has 0 aliphatic heterocycles. The molecule has 0 radical (unpaired) electrons. The Morgan fingerprint density at radius 1 is 1.19 bits per heavy atom. The maximum absolute atomic E-state index is 13.4. The average Bonchev–Trinajstić information content (AvgIpc) is 3.19. The maximum atomic E-state index is 13.4. The zero-order chi connectivity index (χ0) is 26.3. The molecule has 9 nitrogen and oxygen atoms in total. The second-order valence-electron chi connectivity index (χ2n) is 10.0. The number of ketones is 1. The number of hydrogen-bond donors (Lipinski definition) is 3. The third kappa shape index (κ3) is 4.98. The highest BCUT2D eigenvalue weighted by Crippen LogP contribution is 2.44. The van der Waals surface area contributed by atoms with Crippen LogP contribution in [0.25, 0.3) is 10.9 Å². The van der Waals surface area contributed by atoms with Gasteiger partial charge in [0.05, 0.1) is 17.2 Å². The van der Waals surface area contributed by atoms with E-state index in [1.807, 2.05) is 26.0 Å². The van der Waals surface area contributed by atoms with Crippen molar-refractivity contribution in [3.63, 3.8) is 0 Å². The molecule has 10 heteroatoms. The lowest BCUT2D eigenvalue weighted by atomic mass is 9.71. The van der Waals surface area contributed by atoms with Gasteiger partial charge in [0.25, 0.3) is 0 Å². The Labute approximate surface area is 211 Å². The van der Waals surface area contributed by atoms with Crippen molar-refractivity contribution >= 4 is 34.0 Å². The minimum Gasteiger partial charge on any atom is -0.492 e. The fourth-order valence-corrected chi connectivity index (χ4v) is 4.82. The number of H-pyrrole nitrogens is 1. The van der Waals surface area contributed by atoms with Crippen molar-refractivity contribution in [1.82, 2.24) is 14.4 Å². The number of carbonyl (C=O) groups excluding carboxylic acids is 2. The summed E-state index contributed by atoms with van der Waals surface area (Å²) in [7, 11) is 0. The number of aromatic amines is 1. The number of nitrogens with one attached hydrogen (secondary N) is 3. The number of aromatic nitrogens is 1. The number of hydrogen-bond acceptors (Lipinski definition) is 6. The third-order valence-electron chi connectivity index (χ3n) is 5.87. The second kappa shape index (κ2) is 9.41. The summed E-state index contributed by atoms with van der Waals surface area (Å²) in [6, 6.07) is 12.8. The van der Waals surface area contributed by atoms with E-state index in [0.29, 0.717) is 22.4 Å². The molecule has 4 rings (SSSR count). The zero-order valence-electron chi connectivity index (χ0n) is 20.8. The predicted octanol–water partition coefficient (Wildman–Crippen LogP) is 3.98. The van der Waals surface area contributed by atoms with Crippen LogP contribution in [0.1, 0.15) is 67.4 Å². The van der Waals surface area contributed by atoms with Crippen LogP contribution in [0.4, 0.5) is 4.79 Å². The molecule has 1 aliphatic carbocycles. The van der Waals surface area contributed by atoms with Gasteiger partial charge in [0.1, 0.15) is 18.0 Å². The van der Waals surface area contributed by atoms with Gasteiger partial charge in [-0.3, -0.25) is 4.79 Å². The van der Waals surface area contributed by atoms with Crippen LogP contribution in [0.3, 0.4) is 0 Å². The van der Waals surface area contributed by atoms with Gasteiger partial charge >= 0.3 is 6.09 Å². The summed E-state index contributed by atoms with van der Waals surface area (Å²) >= 11 is -1.82. The van der Waals surface area contributed by atoms with Crippen molar-refractivity contribution in [2.24, 2.45) is 0 Å². The first kappa shape index (κ1) is 25.4. The van der Waals surface area contributed by atoms with Gasteiger partial charge in [-0.1, -0.05) is 19.9 Å². The SMILES string of the molecule is CC(C)(C)OC(=O)NS(=O)NCCOc1ccc2c(c1)C(C)(C)c1[nH]c3cc(C#N)ccc3c1C2=O. The van der Waals surface area contributed by atoms with Gasteiger partial charge in [0.2, 0.25) is 0 Å². The topological polar surface area (TPSA) is 133 Å². The van der Waals surface area contributed by atoms with Crippen LogP contribution < -0.4 is 14.2 Å². The lowest BCUT2D eigenvalue weighted by molar-refractivity contribution is 0.0571. The number of fused-ring (bicyclic) bond motifs is 4. The first-order valence-corrected chi connectivity index (χ1v) is 12.6. The maximum Gasteiger partial charge on any atom is 0.420 e. The Bertz CT molecular complexity index is 1430. The highest BCUT2D eigenvalue weighted by Gasteiger charge is 2.39. The molecule has 1 unspecified atom stereocenters. The molecule has 0 bridgehead atoms. The Balaban J connectivity index is 1.46. The Kier molecular flexibility index (Phi) is 6.64. The molecular formula is C26H28N4O5S. The van der Waals surface area contributed by atoms with Gasteiger partial charge in [-0.15, -0.1) is 0 Å². The average molecular weight is 509 g/mol. The molecular weight excluding hydrogens is 480 g/mol. The van der Waals surface area contributed by atoms with Gasteiger partial charge in [0, 0.05) is 34.1 Å². The summed E-state index contributed by atoms with van der Waals surface area (Å²) in [5, 5.41) is 10.0. The van der Waals surface area contributed by atoms with Crippen LogP contribution in [0.15, 0.2) is 36.4 Å². The molecule has 3 N–H and O–H groups in total. The highest BCUT2D eigenvalue weighted by molar-refractivity contribution is 7.81. The Morgan fingerprint density at radius 2 is 1.94 bits per heavy atom. The van der Waals surface area contributed by atoms with Crippen LogP contribution in [-0.2, 0) is 21.3 Å². The Hall–Kier alpha value is -3.68. The lowest BCUT2D eigenvalue weighted by Crippen LogP contribution is -2.39. The molecule has 1 amide bonds. The zero-order valence-corrected chi connectivity index (χ0v) is 21.6. The summed E-state index contributed by atoms with van der Waals surface area (Å²) in [6.45, 7) is 9.61. The van der Waals surface area contributed by atoms with Crippen LogP contribution in [0, 0.1) is 11.3 Å². The van der Waals surface area contributed by atoms with E-state index < -0.39 is 28.3 Å². The molecule has 1 aromatic heterocycles. The fraction of sp³-hybridized carbons (Fsp3) is 0.346. The molecule has 188 valence electrons. The molecule has 1 atom stereocenters. The molecule has 2 aromatic carbocycles. The van der Waals surface area contributed by atoms with Gasteiger partial charge in [-0.05, 0) is 56.7 Å². The number of ether oxygens (including phenoxy) is 2. The van der Waals surface area contributed by atoms with Crippen molar-refractivity contribution in [2.45, 2.75) is 45.6 Å². The number of carbonyl (C=O) groups is 2. The lowest BCUT2D eigenvalue weighted by Gasteiger charge is -2.32. The van der Waals surface area contributed by atoms with Crippen LogP contribution in [0.2, 0.25) is 0 Å². The van der Waals surface area contributed by atoms with E-state index in [1.54, 1.807) is 45.0 Å². The van der Waals surface area contributed by atoms with E-state index in [2.05, 4.69) is 20.5 Å². The number of nitrogens with zero attached hydrogens (tertiary/aromatic N) is 1. The van der Waals surface area contributed by atoms with Gasteiger partial charge < -0.3 is 14.5 Å². The smallest absolute Gasteiger partial charge is 0.420 e. The van der Waals surface area contributed by atoms with Crippen molar-refractivity contribution in [3.05, 3.63) is 64.3 Å². The van der Waals surface area contributed by atoms with Crippen molar-refractivity contribution in [3.8, 4) is 11.8 Å². The van der Waals surface area contributed by atoms with Crippen LogP contribution in [0.5, 0.6) is 5.75 Å². The summed E-state index contributed by atoms with van der Waals surface area (Å²) in [4.78, 5) is 28.5. The molecule has 1 heterocycles. The quantitative estimate of drug-likeness (QED) is 0.431. The van der Waals surface area contributed by atoms with E-state index >= 15 is 0 Å². The van der Waals surface area contributed by atoms with Crippen LogP contribution >= 0.6 is 0 Å². The summed E-state index contributed by atoms with van der Waals surface area (Å²) in [5.41, 5.74) is 2.93. The second-order valence-corrected chi connectivity index (χ2v) is 11.1. The highest BCUT2D eigenvalue weighted by atomic mass is 32.2. The number of rotatable bonds is 6. The molecule has 0 spiro atoms. The van der Waals surface area contributed by atoms with Crippen molar-refractivity contribution < 1.29 is 23.3 Å². The normalized spacial score (nSPS) is 14.9. The Morgan fingerprint density at radius 3 is 2.64 bits per heavy atom. The fourth-order valence-electron chi connectivity index (χ4n) is 4.28. The summed E-state index contributed by atoms with van der Waals surface area (Å²) < 4.78 is 27.7. The largest absolute Gasteiger partial charge is 0.492 e. The van der Waals surface area contributed by atoms with Gasteiger partial charge in [0.15, 0.2) is 17.0 Å². The number of nitriles is 1. The molecule has 3 aromatic rings. The molecule has 0 saturated heterocycles. The van der Waals surface area contributed by atoms with E-state index in [4.69, 9.17) is 9.47 Å². The molecule has 0 fully saturated rings. The van der Waals surface area contributed by atoms with E-state index in [-0.39, 0.29) is 18.9 Å². The summed E-state index contributed by atoms with van der Waals surface area (Å²) in [6.07, 6.45) is -0.781. The van der Waals surface area contributed by atoms with Crippen molar-refractivity contribution in [1.29, 1.82) is 5.26 Å². The third-order valence-corrected chi connectivity index (χ3v) is 6.69. The monoisotopic (exact) mass is 508 g/mol. The van der Waals surface area contributed by atoms with E-state index in [9.17, 15) is 19.1 Å². The van der Waals surface area contributed by atoms with E-state index in [1.165, 1.54) is 0 Å². The minimum atomic E-state index is -1.82. The number of amides is 1. The molecule has 0 saturated carbocycles. The standard InChI is InChI=1S/C26H28N4O5S/c1-25(2,3)35-24(32)30-36(33)28-10-11-34-16-7-9-17-19(13-16)26(4,5)23-21(22(17)31)18-8-6-15(14-27)12-20(18)29-23/h6-9,12-13,28-29H,10-11H2,1-5H3,(H,30,32). The first-order valence-electron chi connectivity index (χ1n) is 11.4. The molecule has 36 heavy (non-hydrogen) atoms. The van der Waals surface area contributed by atoms with Gasteiger partial charge in [-0.25, -0.2) is 18.4 Å². The van der Waals surface area contributed by atoms with Gasteiger partial charge in [-0.2, -0.15) is 5.26 Å². The van der Waals surface area contributed by atoms with Crippen molar-refractivity contribution in [2.75, 3.05) is 13.2 Å². The number of benzene rings is 2.